The number of nitrogens with two attached hydrogens (primary N) is 1. The molecule has 0 aliphatic carbocycles. The molecular formula is C32H53N5O. The average Bonchev–Trinajstić information content (AvgIpc) is 3.33. The zero-order valence-electron chi connectivity index (χ0n) is 24.5. The first-order chi connectivity index (χ1) is 18.2. The van der Waals surface area contributed by atoms with Crippen molar-refractivity contribution in [3.8, 4) is 5.75 Å². The van der Waals surface area contributed by atoms with E-state index >= 15 is 0 Å². The second kappa shape index (κ2) is 15.6. The SMILES string of the molecule is CC(C)C[C@@H](CN)NC[C@H](Cc1ccccc1)N(C)C[C@@H]1CCCN1C[C@H](Cc1ccc(O)cc1)N(C)C. The van der Waals surface area contributed by atoms with Crippen LogP contribution in [0.4, 0.5) is 0 Å². The first-order valence-electron chi connectivity index (χ1n) is 14.6. The Balaban J connectivity index is 1.64. The Bertz CT molecular complexity index is 904. The molecule has 1 saturated heterocycles. The van der Waals surface area contributed by atoms with E-state index in [1.54, 1.807) is 12.1 Å². The lowest BCUT2D eigenvalue weighted by Crippen LogP contribution is -2.51. The van der Waals surface area contributed by atoms with Crippen LogP contribution in [-0.2, 0) is 12.8 Å². The zero-order chi connectivity index (χ0) is 27.5. The Kier molecular flexibility index (Phi) is 12.5. The molecule has 2 aromatic carbocycles. The van der Waals surface area contributed by atoms with E-state index < -0.39 is 0 Å². The van der Waals surface area contributed by atoms with Crippen molar-refractivity contribution in [1.29, 1.82) is 0 Å². The molecule has 0 aromatic heterocycles. The van der Waals surface area contributed by atoms with Gasteiger partial charge in [0.2, 0.25) is 0 Å². The first-order valence-corrected chi connectivity index (χ1v) is 14.6. The predicted molar refractivity (Wildman–Crippen MR) is 161 cm³/mol. The summed E-state index contributed by atoms with van der Waals surface area (Å²) in [5.41, 5.74) is 8.79. The minimum absolute atomic E-state index is 0.333. The number of hydrogen-bond acceptors (Lipinski definition) is 6. The van der Waals surface area contributed by atoms with Crippen LogP contribution < -0.4 is 11.1 Å². The molecule has 1 aliphatic heterocycles. The maximum absolute atomic E-state index is 9.67. The number of likely N-dealkylation sites (tertiary alicyclic amines) is 1. The number of nitrogens with zero attached hydrogens (tertiary/aromatic N) is 3. The fourth-order valence-corrected chi connectivity index (χ4v) is 5.81. The highest BCUT2D eigenvalue weighted by atomic mass is 16.3. The average molecular weight is 524 g/mol. The van der Waals surface area contributed by atoms with Crippen molar-refractivity contribution in [3.63, 3.8) is 0 Å². The molecule has 212 valence electrons. The van der Waals surface area contributed by atoms with Crippen LogP contribution in [0, 0.1) is 5.92 Å². The van der Waals surface area contributed by atoms with E-state index in [9.17, 15) is 5.11 Å². The molecule has 6 heteroatoms. The van der Waals surface area contributed by atoms with Gasteiger partial charge in [-0.2, -0.15) is 0 Å². The molecule has 0 spiro atoms. The number of likely N-dealkylation sites (N-methyl/N-ethyl adjacent to an activating group) is 2. The Morgan fingerprint density at radius 2 is 1.63 bits per heavy atom. The maximum atomic E-state index is 9.67. The van der Waals surface area contributed by atoms with E-state index in [0.717, 1.165) is 38.9 Å². The topological polar surface area (TPSA) is 68.0 Å². The van der Waals surface area contributed by atoms with Gasteiger partial charge >= 0.3 is 0 Å². The summed E-state index contributed by atoms with van der Waals surface area (Å²) in [7, 11) is 6.69. The van der Waals surface area contributed by atoms with Crippen molar-refractivity contribution in [3.05, 3.63) is 65.7 Å². The molecule has 6 nitrogen and oxygen atoms in total. The molecule has 1 heterocycles. The van der Waals surface area contributed by atoms with E-state index in [1.807, 2.05) is 0 Å². The van der Waals surface area contributed by atoms with Crippen LogP contribution in [0.2, 0.25) is 0 Å². The van der Waals surface area contributed by atoms with Gasteiger partial charge in [-0.05, 0) is 89.0 Å². The third kappa shape index (κ3) is 9.97. The molecule has 2 aromatic rings. The molecule has 1 aliphatic rings. The largest absolute Gasteiger partial charge is 0.508 e. The number of rotatable bonds is 16. The standard InChI is InChI=1S/C32H53N5O/c1-25(2)18-28(21-33)34-22-30(19-26-10-7-6-8-11-26)36(5)23-29-12-9-17-37(29)24-31(35(3)4)20-27-13-15-32(38)16-14-27/h6-8,10-11,13-16,25,28-31,34,38H,9,12,17-24,33H2,1-5H3/t28-,29-,30-,31-/m0/s1. The van der Waals surface area contributed by atoms with Crippen LogP contribution in [0.25, 0.3) is 0 Å². The number of hydrogen-bond donors (Lipinski definition) is 3. The van der Waals surface area contributed by atoms with Gasteiger partial charge in [-0.25, -0.2) is 0 Å². The van der Waals surface area contributed by atoms with Gasteiger partial charge in [-0.15, -0.1) is 0 Å². The summed E-state index contributed by atoms with van der Waals surface area (Å²) >= 11 is 0. The van der Waals surface area contributed by atoms with Crippen LogP contribution in [0.3, 0.4) is 0 Å². The molecule has 4 N–H and O–H groups in total. The third-order valence-corrected chi connectivity index (χ3v) is 8.20. The molecule has 0 unspecified atom stereocenters. The van der Waals surface area contributed by atoms with Crippen molar-refractivity contribution in [2.24, 2.45) is 11.7 Å². The van der Waals surface area contributed by atoms with Gasteiger partial charge in [0.1, 0.15) is 5.75 Å². The van der Waals surface area contributed by atoms with E-state index in [0.29, 0.717) is 42.4 Å². The van der Waals surface area contributed by atoms with Crippen LogP contribution in [0.1, 0.15) is 44.2 Å². The second-order valence-corrected chi connectivity index (χ2v) is 12.0. The molecular weight excluding hydrogens is 470 g/mol. The third-order valence-electron chi connectivity index (χ3n) is 8.20. The van der Waals surface area contributed by atoms with E-state index in [4.69, 9.17) is 5.73 Å². The Morgan fingerprint density at radius 3 is 2.26 bits per heavy atom. The van der Waals surface area contributed by atoms with Crippen molar-refractivity contribution in [2.45, 2.75) is 70.1 Å². The fraction of sp³-hybridized carbons (Fsp3) is 0.625. The van der Waals surface area contributed by atoms with Crippen molar-refractivity contribution in [2.75, 3.05) is 53.9 Å². The second-order valence-electron chi connectivity index (χ2n) is 12.0. The number of benzene rings is 2. The normalized spacial score (nSPS) is 18.9. The van der Waals surface area contributed by atoms with E-state index in [1.165, 1.54) is 30.5 Å². The predicted octanol–water partition coefficient (Wildman–Crippen LogP) is 3.84. The van der Waals surface area contributed by atoms with Crippen LogP contribution >= 0.6 is 0 Å². The quantitative estimate of drug-likeness (QED) is 0.311. The van der Waals surface area contributed by atoms with Crippen LogP contribution in [0.5, 0.6) is 5.75 Å². The lowest BCUT2D eigenvalue weighted by molar-refractivity contribution is 0.126. The van der Waals surface area contributed by atoms with Gasteiger partial charge in [0, 0.05) is 50.3 Å². The van der Waals surface area contributed by atoms with Gasteiger partial charge in [0.15, 0.2) is 0 Å². The van der Waals surface area contributed by atoms with Crippen molar-refractivity contribution < 1.29 is 5.11 Å². The van der Waals surface area contributed by atoms with Crippen LogP contribution in [0.15, 0.2) is 54.6 Å². The summed E-state index contributed by atoms with van der Waals surface area (Å²) in [6, 6.07) is 20.4. The molecule has 38 heavy (non-hydrogen) atoms. The molecule has 0 bridgehead atoms. The summed E-state index contributed by atoms with van der Waals surface area (Å²) < 4.78 is 0. The Morgan fingerprint density at radius 1 is 0.974 bits per heavy atom. The number of phenols is 1. The van der Waals surface area contributed by atoms with Crippen LogP contribution in [-0.4, -0.2) is 97.8 Å². The summed E-state index contributed by atoms with van der Waals surface area (Å²) in [6.07, 6.45) is 5.67. The molecule has 0 amide bonds. The van der Waals surface area contributed by atoms with E-state index in [-0.39, 0.29) is 0 Å². The summed E-state index contributed by atoms with van der Waals surface area (Å²) in [5.74, 6) is 0.971. The Labute approximate surface area is 232 Å². The summed E-state index contributed by atoms with van der Waals surface area (Å²) in [4.78, 5) is 7.67. The lowest BCUT2D eigenvalue weighted by Gasteiger charge is -2.37. The molecule has 1 fully saturated rings. The number of phenolic OH excluding ortho intramolecular Hbond substituents is 1. The smallest absolute Gasteiger partial charge is 0.115 e. The zero-order valence-corrected chi connectivity index (χ0v) is 24.5. The lowest BCUT2D eigenvalue weighted by atomic mass is 10.0. The number of aromatic hydroxyl groups is 1. The molecule has 4 atom stereocenters. The first kappa shape index (κ1) is 30.6. The minimum Gasteiger partial charge on any atom is -0.508 e. The van der Waals surface area contributed by atoms with Gasteiger partial charge in [-0.1, -0.05) is 56.3 Å². The summed E-state index contributed by atoms with van der Waals surface area (Å²) in [6.45, 7) is 9.50. The summed E-state index contributed by atoms with van der Waals surface area (Å²) in [5, 5.41) is 13.5. The molecule has 0 radical (unpaired) electrons. The fourth-order valence-electron chi connectivity index (χ4n) is 5.81. The minimum atomic E-state index is 0.333. The monoisotopic (exact) mass is 523 g/mol. The van der Waals surface area contributed by atoms with Gasteiger partial charge < -0.3 is 26.0 Å². The molecule has 3 rings (SSSR count). The number of nitrogens with one attached hydrogen (secondary N) is 1. The van der Waals surface area contributed by atoms with Gasteiger partial charge in [-0.3, -0.25) is 4.90 Å². The van der Waals surface area contributed by atoms with E-state index in [2.05, 4.69) is 97.5 Å². The Hall–Kier alpha value is -1.96. The van der Waals surface area contributed by atoms with Crippen molar-refractivity contribution in [1.82, 2.24) is 20.0 Å². The van der Waals surface area contributed by atoms with Crippen molar-refractivity contribution >= 4 is 0 Å². The maximum Gasteiger partial charge on any atom is 0.115 e. The van der Waals surface area contributed by atoms with Gasteiger partial charge in [0.05, 0.1) is 0 Å². The highest BCUT2D eigenvalue weighted by molar-refractivity contribution is 5.26. The highest BCUT2D eigenvalue weighted by Gasteiger charge is 2.30. The van der Waals surface area contributed by atoms with Gasteiger partial charge in [0.25, 0.3) is 0 Å². The highest BCUT2D eigenvalue weighted by Crippen LogP contribution is 2.22. The molecule has 0 saturated carbocycles.